The first-order valence-electron chi connectivity index (χ1n) is 18.2. The number of H-pyrrole nitrogens is 1. The van der Waals surface area contributed by atoms with Crippen molar-refractivity contribution in [3.8, 4) is 5.75 Å². The van der Waals surface area contributed by atoms with Crippen LogP contribution in [0.4, 0.5) is 5.69 Å². The van der Waals surface area contributed by atoms with Gasteiger partial charge in [-0.15, -0.1) is 10.2 Å². The van der Waals surface area contributed by atoms with Gasteiger partial charge in [-0.1, -0.05) is 123 Å². The maximum Gasteiger partial charge on any atom is 0.258 e. The highest BCUT2D eigenvalue weighted by molar-refractivity contribution is 7.91. The van der Waals surface area contributed by atoms with Crippen molar-refractivity contribution in [2.45, 2.75) is 142 Å². The van der Waals surface area contributed by atoms with Crippen molar-refractivity contribution in [3.05, 3.63) is 40.8 Å². The van der Waals surface area contributed by atoms with Crippen LogP contribution in [-0.2, 0) is 30.3 Å². The topological polar surface area (TPSA) is 168 Å². The molecule has 12 nitrogen and oxygen atoms in total. The largest absolute Gasteiger partial charge is 0.482 e. The van der Waals surface area contributed by atoms with E-state index in [1.165, 1.54) is 32.1 Å². The smallest absolute Gasteiger partial charge is 0.258 e. The zero-order valence-corrected chi connectivity index (χ0v) is 33.3. The van der Waals surface area contributed by atoms with Gasteiger partial charge in [0.1, 0.15) is 16.9 Å². The summed E-state index contributed by atoms with van der Waals surface area (Å²) >= 11 is 6.63. The van der Waals surface area contributed by atoms with E-state index >= 15 is 0 Å². The summed E-state index contributed by atoms with van der Waals surface area (Å²) in [5.74, 6) is -1.27. The normalized spacial score (nSPS) is 13.4. The summed E-state index contributed by atoms with van der Waals surface area (Å²) in [7, 11) is -3.64. The number of carbonyl (C=O) groups excluding carboxylic acids is 2. The zero-order chi connectivity index (χ0) is 38.0. The number of aliphatic hydroxyl groups is 1. The number of rotatable bonds is 21. The number of aromatic amines is 1. The predicted molar refractivity (Wildman–Crippen MR) is 203 cm³/mol. The number of unbranched alkanes of at least 4 members (excludes halogenated alkanes) is 9. The fourth-order valence-corrected chi connectivity index (χ4v) is 7.68. The molecule has 0 saturated carbocycles. The molecule has 1 unspecified atom stereocenters. The van der Waals surface area contributed by atoms with Crippen molar-refractivity contribution in [3.63, 3.8) is 0 Å². The summed E-state index contributed by atoms with van der Waals surface area (Å²) < 4.78 is 32.8. The fraction of sp³-hybridized carbons (Fsp3) is 0.676. The number of ether oxygens (including phenoxy) is 1. The molecule has 286 valence electrons. The van der Waals surface area contributed by atoms with Crippen molar-refractivity contribution in [2.24, 2.45) is 0 Å². The number of carbonyl (C=O) groups is 2. The van der Waals surface area contributed by atoms with E-state index in [0.717, 1.165) is 31.4 Å². The standard InChI is InChI=1S/C37H59ClN6O6S/c1-9-10-11-12-13-14-15-16-17-20-23-51(48,49)25-27(45)33(47)39-26-21-18-19-22-28(26)50-24-29(46)40-37(7,8)36(5,6)34-42-41-32-30(38)31(35(2,3)4)43-44(32)34/h18-19,21-22,27,43,45H,9-17,20,23-25H2,1-8H3,(H,39,47)(H,40,46). The number of hydrogen-bond acceptors (Lipinski definition) is 8. The minimum atomic E-state index is -3.64. The Labute approximate surface area is 308 Å². The van der Waals surface area contributed by atoms with Crippen LogP contribution in [0.2, 0.25) is 5.02 Å². The minimum Gasteiger partial charge on any atom is -0.482 e. The second-order valence-corrected chi connectivity index (χ2v) is 18.2. The van der Waals surface area contributed by atoms with Gasteiger partial charge in [0.15, 0.2) is 27.9 Å². The van der Waals surface area contributed by atoms with Crippen LogP contribution in [0, 0.1) is 0 Å². The first-order chi connectivity index (χ1) is 23.8. The molecular weight excluding hydrogens is 692 g/mol. The average Bonchev–Trinajstić information content (AvgIpc) is 3.61. The van der Waals surface area contributed by atoms with Crippen LogP contribution in [0.15, 0.2) is 24.3 Å². The highest BCUT2D eigenvalue weighted by Gasteiger charge is 2.44. The van der Waals surface area contributed by atoms with Gasteiger partial charge in [0.2, 0.25) is 0 Å². The molecule has 3 aromatic rings. The van der Waals surface area contributed by atoms with Crippen molar-refractivity contribution in [1.82, 2.24) is 25.1 Å². The van der Waals surface area contributed by atoms with E-state index in [2.05, 4.69) is 32.9 Å². The Morgan fingerprint density at radius 2 is 1.53 bits per heavy atom. The van der Waals surface area contributed by atoms with Gasteiger partial charge >= 0.3 is 0 Å². The molecule has 0 aliphatic heterocycles. The lowest BCUT2D eigenvalue weighted by Crippen LogP contribution is -2.57. The maximum absolute atomic E-state index is 13.2. The second kappa shape index (κ2) is 18.1. The number of halogens is 1. The van der Waals surface area contributed by atoms with Gasteiger partial charge in [0.05, 0.1) is 22.9 Å². The third-order valence-electron chi connectivity index (χ3n) is 9.65. The lowest BCUT2D eigenvalue weighted by Gasteiger charge is -2.40. The molecule has 2 heterocycles. The average molecular weight is 751 g/mol. The number of para-hydroxylation sites is 2. The van der Waals surface area contributed by atoms with Gasteiger partial charge in [-0.3, -0.25) is 14.7 Å². The highest BCUT2D eigenvalue weighted by atomic mass is 35.5. The molecule has 0 fully saturated rings. The van der Waals surface area contributed by atoms with E-state index in [1.54, 1.807) is 28.8 Å². The van der Waals surface area contributed by atoms with Crippen molar-refractivity contribution in [2.75, 3.05) is 23.4 Å². The molecule has 3 rings (SSSR count). The third-order valence-corrected chi connectivity index (χ3v) is 11.7. The molecule has 2 aromatic heterocycles. The number of fused-ring (bicyclic) bond motifs is 1. The summed E-state index contributed by atoms with van der Waals surface area (Å²) in [5.41, 5.74) is -0.298. The number of aliphatic hydroxyl groups excluding tert-OH is 1. The van der Waals surface area contributed by atoms with Gasteiger partial charge in [-0.2, -0.15) is 0 Å². The molecular formula is C37H59ClN6O6S. The molecule has 14 heteroatoms. The fourth-order valence-electron chi connectivity index (χ4n) is 5.79. The van der Waals surface area contributed by atoms with Crippen molar-refractivity contribution >= 4 is 44.6 Å². The number of anilines is 1. The Kier molecular flexibility index (Phi) is 15.0. The molecule has 0 bridgehead atoms. The molecule has 2 amide bonds. The lowest BCUT2D eigenvalue weighted by molar-refractivity contribution is -0.125. The number of benzene rings is 1. The van der Waals surface area contributed by atoms with Crippen LogP contribution >= 0.6 is 11.6 Å². The van der Waals surface area contributed by atoms with E-state index in [4.69, 9.17) is 16.3 Å². The summed E-state index contributed by atoms with van der Waals surface area (Å²) in [6.45, 7) is 15.6. The minimum absolute atomic E-state index is 0.0749. The Bertz CT molecular complexity index is 1710. The van der Waals surface area contributed by atoms with Gasteiger partial charge in [-0.05, 0) is 32.4 Å². The van der Waals surface area contributed by atoms with E-state index in [-0.39, 0.29) is 29.2 Å². The summed E-state index contributed by atoms with van der Waals surface area (Å²) in [5, 5.41) is 28.6. The maximum atomic E-state index is 13.2. The third kappa shape index (κ3) is 11.7. The van der Waals surface area contributed by atoms with Crippen LogP contribution in [0.3, 0.4) is 0 Å². The molecule has 4 N–H and O–H groups in total. The Balaban J connectivity index is 1.52. The lowest BCUT2D eigenvalue weighted by atomic mass is 9.73. The summed E-state index contributed by atoms with van der Waals surface area (Å²) in [4.78, 5) is 26.0. The Hall–Kier alpha value is -3.16. The predicted octanol–water partition coefficient (Wildman–Crippen LogP) is 6.89. The van der Waals surface area contributed by atoms with E-state index in [1.807, 2.05) is 48.5 Å². The molecule has 1 atom stereocenters. The van der Waals surface area contributed by atoms with E-state index in [9.17, 15) is 23.1 Å². The SMILES string of the molecule is CCCCCCCCCCCCS(=O)(=O)CC(O)C(=O)Nc1ccccc1OCC(=O)NC(C)(C)C(C)(C)c1nnc2c(Cl)c(C(C)(C)C)[nH]n12. The van der Waals surface area contributed by atoms with Crippen LogP contribution in [0.25, 0.3) is 5.65 Å². The quantitative estimate of drug-likeness (QED) is 0.0854. The monoisotopic (exact) mass is 750 g/mol. The van der Waals surface area contributed by atoms with Crippen molar-refractivity contribution < 1.29 is 27.9 Å². The summed E-state index contributed by atoms with van der Waals surface area (Å²) in [6.07, 6.45) is 9.03. The molecule has 0 spiro atoms. The van der Waals surface area contributed by atoms with Crippen LogP contribution in [0.1, 0.15) is 131 Å². The molecule has 0 aliphatic rings. The molecule has 51 heavy (non-hydrogen) atoms. The highest BCUT2D eigenvalue weighted by Crippen LogP contribution is 2.37. The van der Waals surface area contributed by atoms with Gasteiger partial charge in [-0.25, -0.2) is 12.9 Å². The van der Waals surface area contributed by atoms with Crippen molar-refractivity contribution in [1.29, 1.82) is 0 Å². The number of nitrogens with zero attached hydrogens (tertiary/aromatic N) is 3. The molecule has 0 saturated heterocycles. The second-order valence-electron chi connectivity index (χ2n) is 15.6. The number of hydrogen-bond donors (Lipinski definition) is 4. The number of sulfone groups is 1. The molecule has 1 aromatic carbocycles. The number of aromatic nitrogens is 4. The first-order valence-corrected chi connectivity index (χ1v) is 20.4. The Morgan fingerprint density at radius 1 is 0.941 bits per heavy atom. The zero-order valence-electron chi connectivity index (χ0n) is 31.7. The first kappa shape index (κ1) is 42.3. The number of amides is 2. The Morgan fingerprint density at radius 3 is 2.14 bits per heavy atom. The molecule has 0 aliphatic carbocycles. The number of nitrogens with one attached hydrogen (secondary N) is 3. The van der Waals surface area contributed by atoms with Gasteiger partial charge in [0, 0.05) is 16.4 Å². The van der Waals surface area contributed by atoms with Gasteiger partial charge < -0.3 is 20.5 Å². The molecule has 0 radical (unpaired) electrons. The van der Waals surface area contributed by atoms with Crippen LogP contribution < -0.4 is 15.4 Å². The summed E-state index contributed by atoms with van der Waals surface area (Å²) in [6, 6.07) is 6.45. The van der Waals surface area contributed by atoms with Gasteiger partial charge in [0.25, 0.3) is 11.8 Å². The van der Waals surface area contributed by atoms with Crippen LogP contribution in [-0.4, -0.2) is 74.9 Å². The van der Waals surface area contributed by atoms with Crippen LogP contribution in [0.5, 0.6) is 5.75 Å². The van der Waals surface area contributed by atoms with E-state index in [0.29, 0.717) is 22.9 Å². The van der Waals surface area contributed by atoms with E-state index < -0.39 is 44.5 Å².